The molecule has 0 saturated carbocycles. The summed E-state index contributed by atoms with van der Waals surface area (Å²) in [6.07, 6.45) is 3.08. The lowest BCUT2D eigenvalue weighted by molar-refractivity contribution is 0.125. The summed E-state index contributed by atoms with van der Waals surface area (Å²) < 4.78 is 5.15. The Bertz CT molecular complexity index is 209. The van der Waals surface area contributed by atoms with Gasteiger partial charge in [0.25, 0.3) is 0 Å². The number of nitrogens with zero attached hydrogens (tertiary/aromatic N) is 2. The molecule has 0 amide bonds. The average molecular weight is 400 g/mol. The van der Waals surface area contributed by atoms with Crippen LogP contribution in [0.3, 0.4) is 0 Å². The van der Waals surface area contributed by atoms with E-state index in [1.807, 2.05) is 32.8 Å². The molecule has 0 radical (unpaired) electrons. The molecule has 0 aromatic heterocycles. The first-order valence-corrected chi connectivity index (χ1v) is 9.65. The maximum absolute atomic E-state index is 8.46. The average Bonchev–Trinajstić information content (AvgIpc) is 3.06. The van der Waals surface area contributed by atoms with Gasteiger partial charge in [0.05, 0.1) is 19.3 Å². The Morgan fingerprint density at radius 3 is 1.52 bits per heavy atom. The molecule has 1 aliphatic rings. The summed E-state index contributed by atoms with van der Waals surface area (Å²) in [5.41, 5.74) is 5.11. The fourth-order valence-corrected chi connectivity index (χ4v) is 1.62. The van der Waals surface area contributed by atoms with Gasteiger partial charge in [-0.2, -0.15) is 0 Å². The minimum absolute atomic E-state index is 0. The van der Waals surface area contributed by atoms with Crippen LogP contribution in [0, 0.1) is 0 Å². The largest absolute Gasteiger partial charge is 0.400 e. The van der Waals surface area contributed by atoms with E-state index in [-0.39, 0.29) is 20.6 Å². The van der Waals surface area contributed by atoms with Crippen molar-refractivity contribution in [2.24, 2.45) is 5.73 Å². The summed E-state index contributed by atoms with van der Waals surface area (Å²) in [4.78, 5) is 4.11. The van der Waals surface area contributed by atoms with Gasteiger partial charge in [-0.1, -0.05) is 35.1 Å². The zero-order valence-corrected chi connectivity index (χ0v) is 18.7. The van der Waals surface area contributed by atoms with Crippen LogP contribution in [0.1, 0.15) is 54.9 Å². The Balaban J connectivity index is -0.0000000779. The third kappa shape index (κ3) is 51.8. The molecular weight excluding hydrogens is 346 g/mol. The van der Waals surface area contributed by atoms with Crippen molar-refractivity contribution < 1.29 is 20.1 Å². The van der Waals surface area contributed by atoms with Crippen LogP contribution in [0.2, 0.25) is 0 Å². The van der Waals surface area contributed by atoms with Crippen molar-refractivity contribution in [3.05, 3.63) is 0 Å². The molecule has 1 unspecified atom stereocenters. The minimum atomic E-state index is 0. The van der Waals surface area contributed by atoms with E-state index in [0.29, 0.717) is 12.1 Å². The topological polar surface area (TPSA) is 102 Å². The van der Waals surface area contributed by atoms with Crippen LogP contribution in [-0.4, -0.2) is 104 Å². The summed E-state index contributed by atoms with van der Waals surface area (Å²) in [5, 5.41) is 23.7. The Hall–Kier alpha value is -0.280. The Morgan fingerprint density at radius 2 is 1.44 bits per heavy atom. The van der Waals surface area contributed by atoms with E-state index < -0.39 is 0 Å². The molecule has 0 spiro atoms. The SMILES string of the molecule is C.CC(C)N.CC1CCCO1.CCN(CC)CCO.CN(C)CCO.CO. The van der Waals surface area contributed by atoms with Crippen molar-refractivity contribution in [2.75, 3.05) is 67.2 Å². The predicted molar refractivity (Wildman–Crippen MR) is 119 cm³/mol. The number of nitrogens with two attached hydrogens (primary N) is 1. The van der Waals surface area contributed by atoms with Crippen molar-refractivity contribution in [2.45, 2.75) is 67.0 Å². The van der Waals surface area contributed by atoms with E-state index >= 15 is 0 Å². The number of likely N-dealkylation sites (N-methyl/N-ethyl adjacent to an activating group) is 2. The number of hydrogen-bond donors (Lipinski definition) is 4. The molecule has 0 aliphatic carbocycles. The highest BCUT2D eigenvalue weighted by Gasteiger charge is 2.07. The van der Waals surface area contributed by atoms with Crippen molar-refractivity contribution in [1.82, 2.24) is 9.80 Å². The number of aliphatic hydroxyl groups is 3. The Morgan fingerprint density at radius 1 is 1.04 bits per heavy atom. The maximum Gasteiger partial charge on any atom is 0.0558 e. The molecule has 7 nitrogen and oxygen atoms in total. The molecule has 7 heteroatoms. The first-order valence-electron chi connectivity index (χ1n) is 9.65. The lowest BCUT2D eigenvalue weighted by atomic mass is 10.3. The molecule has 0 aromatic rings. The molecule has 1 aliphatic heterocycles. The summed E-state index contributed by atoms with van der Waals surface area (Å²) in [7, 11) is 4.85. The Labute approximate surface area is 170 Å². The highest BCUT2D eigenvalue weighted by molar-refractivity contribution is 4.56. The lowest BCUT2D eigenvalue weighted by Gasteiger charge is -2.15. The molecular formula is C20H53N3O4. The number of hydrogen-bond acceptors (Lipinski definition) is 7. The van der Waals surface area contributed by atoms with E-state index in [1.54, 1.807) is 0 Å². The predicted octanol–water partition coefficient (Wildman–Crippen LogP) is 1.64. The van der Waals surface area contributed by atoms with Crippen molar-refractivity contribution in [3.8, 4) is 0 Å². The van der Waals surface area contributed by atoms with E-state index in [1.165, 1.54) is 12.8 Å². The zero-order chi connectivity index (χ0) is 21.4. The first-order chi connectivity index (χ1) is 12.2. The number of aliphatic hydroxyl groups excluding tert-OH is 3. The molecule has 1 saturated heterocycles. The maximum atomic E-state index is 8.46. The van der Waals surface area contributed by atoms with Gasteiger partial charge in [0.1, 0.15) is 0 Å². The highest BCUT2D eigenvalue weighted by Crippen LogP contribution is 2.09. The first kappa shape index (κ1) is 37.5. The van der Waals surface area contributed by atoms with E-state index in [4.69, 9.17) is 25.8 Å². The zero-order valence-electron chi connectivity index (χ0n) is 18.7. The summed E-state index contributed by atoms with van der Waals surface area (Å²) >= 11 is 0. The normalized spacial score (nSPS) is 14.6. The van der Waals surface area contributed by atoms with Gasteiger partial charge in [0.15, 0.2) is 0 Å². The Kier molecular flexibility index (Phi) is 46.2. The fraction of sp³-hybridized carbons (Fsp3) is 1.00. The van der Waals surface area contributed by atoms with Crippen molar-refractivity contribution >= 4 is 0 Å². The molecule has 1 atom stereocenters. The van der Waals surface area contributed by atoms with Crippen LogP contribution in [0.4, 0.5) is 0 Å². The highest BCUT2D eigenvalue weighted by atomic mass is 16.5. The fourth-order valence-electron chi connectivity index (χ4n) is 1.62. The van der Waals surface area contributed by atoms with E-state index in [0.717, 1.165) is 39.9 Å². The van der Waals surface area contributed by atoms with Gasteiger partial charge in [0.2, 0.25) is 0 Å². The third-order valence-electron chi connectivity index (χ3n) is 3.02. The van der Waals surface area contributed by atoms with Gasteiger partial charge in [0, 0.05) is 26.8 Å². The summed E-state index contributed by atoms with van der Waals surface area (Å²) in [5.74, 6) is 0. The summed E-state index contributed by atoms with van der Waals surface area (Å²) in [6, 6.07) is 0.333. The smallest absolute Gasteiger partial charge is 0.0558 e. The number of ether oxygens (including phenoxy) is 1. The number of rotatable bonds is 6. The van der Waals surface area contributed by atoms with Gasteiger partial charge in [-0.25, -0.2) is 0 Å². The third-order valence-corrected chi connectivity index (χ3v) is 3.02. The molecule has 1 rings (SSSR count). The van der Waals surface area contributed by atoms with Gasteiger partial charge >= 0.3 is 0 Å². The van der Waals surface area contributed by atoms with Crippen molar-refractivity contribution in [1.29, 1.82) is 0 Å². The van der Waals surface area contributed by atoms with Crippen LogP contribution in [0.25, 0.3) is 0 Å². The van der Waals surface area contributed by atoms with Gasteiger partial charge in [-0.05, 0) is 53.0 Å². The monoisotopic (exact) mass is 399 g/mol. The molecule has 1 heterocycles. The van der Waals surface area contributed by atoms with Crippen molar-refractivity contribution in [3.63, 3.8) is 0 Å². The van der Waals surface area contributed by atoms with Crippen LogP contribution < -0.4 is 5.73 Å². The second-order valence-corrected chi connectivity index (χ2v) is 6.35. The molecule has 1 fully saturated rings. The van der Waals surface area contributed by atoms with Crippen LogP contribution >= 0.6 is 0 Å². The molecule has 27 heavy (non-hydrogen) atoms. The molecule has 0 bridgehead atoms. The quantitative estimate of drug-likeness (QED) is 0.538. The van der Waals surface area contributed by atoms with E-state index in [2.05, 4.69) is 25.7 Å². The standard InChI is InChI=1S/C6H15NO.C5H10O.C4H11NO.C3H9N.CH4O.CH4/c1-3-7(4-2)5-6-8;1-5-3-2-4-6-5;1-5(2)3-4-6;1-3(2)4;1-2;/h8H,3-6H2,1-2H3;5H,2-4H2,1H3;6H,3-4H2,1-2H3;3H,4H2,1-2H3;2H,1H3;1H4. The van der Waals surface area contributed by atoms with Crippen LogP contribution in [0.5, 0.6) is 0 Å². The van der Waals surface area contributed by atoms with Crippen LogP contribution in [0.15, 0.2) is 0 Å². The van der Waals surface area contributed by atoms with Crippen LogP contribution in [-0.2, 0) is 4.74 Å². The molecule has 0 aromatic carbocycles. The molecule has 172 valence electrons. The summed E-state index contributed by atoms with van der Waals surface area (Å²) in [6.45, 7) is 15.4. The van der Waals surface area contributed by atoms with Gasteiger partial charge < -0.3 is 35.6 Å². The van der Waals surface area contributed by atoms with Gasteiger partial charge in [-0.15, -0.1) is 0 Å². The second kappa shape index (κ2) is 33.3. The second-order valence-electron chi connectivity index (χ2n) is 6.35. The van der Waals surface area contributed by atoms with E-state index in [9.17, 15) is 0 Å². The van der Waals surface area contributed by atoms with Gasteiger partial charge in [-0.3, -0.25) is 0 Å². The lowest BCUT2D eigenvalue weighted by Crippen LogP contribution is -2.25. The minimum Gasteiger partial charge on any atom is -0.400 e. The molecule has 5 N–H and O–H groups in total.